The van der Waals surface area contributed by atoms with Crippen LogP contribution >= 0.6 is 11.6 Å². The summed E-state index contributed by atoms with van der Waals surface area (Å²) in [6.07, 6.45) is 0. The number of hydrogen-bond acceptors (Lipinski definition) is 4. The van der Waals surface area contributed by atoms with Gasteiger partial charge in [-0.05, 0) is 18.4 Å². The number of halogens is 1. The Labute approximate surface area is 119 Å². The Morgan fingerprint density at radius 1 is 1.30 bits per heavy atom. The zero-order valence-corrected chi connectivity index (χ0v) is 11.3. The number of nitrogens with zero attached hydrogens (tertiary/aromatic N) is 2. The first-order valence-electron chi connectivity index (χ1n) is 5.93. The van der Waals surface area contributed by atoms with Gasteiger partial charge in [0.25, 0.3) is 5.91 Å². The molecule has 0 aliphatic heterocycles. The number of carbonyl (C=O) groups excluding carboxylic acids is 1. The van der Waals surface area contributed by atoms with Gasteiger partial charge in [-0.2, -0.15) is 0 Å². The molecule has 6 heteroatoms. The van der Waals surface area contributed by atoms with Crippen LogP contribution in [-0.2, 0) is 0 Å². The molecule has 20 heavy (non-hydrogen) atoms. The number of nitrogens with one attached hydrogen (secondary N) is 1. The van der Waals surface area contributed by atoms with Crippen LogP contribution in [0.25, 0.3) is 10.8 Å². The fourth-order valence-corrected chi connectivity index (χ4v) is 2.14. The Kier molecular flexibility index (Phi) is 3.12. The summed E-state index contributed by atoms with van der Waals surface area (Å²) in [5.74, 6) is 0.578. The lowest BCUT2D eigenvalue weighted by Gasteiger charge is -2.04. The van der Waals surface area contributed by atoms with Crippen molar-refractivity contribution in [2.75, 3.05) is 5.32 Å². The molecule has 100 valence electrons. The van der Waals surface area contributed by atoms with Crippen LogP contribution in [0.2, 0.25) is 5.15 Å². The first-order chi connectivity index (χ1) is 9.63. The van der Waals surface area contributed by atoms with E-state index in [4.69, 9.17) is 16.1 Å². The van der Waals surface area contributed by atoms with E-state index in [1.807, 2.05) is 24.3 Å². The Bertz CT molecular complexity index is 798. The Morgan fingerprint density at radius 3 is 2.85 bits per heavy atom. The summed E-state index contributed by atoms with van der Waals surface area (Å²) in [5, 5.41) is 8.26. The van der Waals surface area contributed by atoms with Crippen LogP contribution in [0.1, 0.15) is 16.2 Å². The third kappa shape index (κ3) is 2.35. The van der Waals surface area contributed by atoms with Crippen molar-refractivity contribution in [3.8, 4) is 0 Å². The number of fused-ring (bicyclic) bond motifs is 1. The number of amides is 1. The molecular formula is C14H10ClN3O2. The molecule has 0 fully saturated rings. The minimum Gasteiger partial charge on any atom is -0.360 e. The topological polar surface area (TPSA) is 68.0 Å². The highest BCUT2D eigenvalue weighted by Gasteiger charge is 2.13. The van der Waals surface area contributed by atoms with Gasteiger partial charge >= 0.3 is 0 Å². The molecule has 0 radical (unpaired) electrons. The van der Waals surface area contributed by atoms with E-state index in [0.717, 1.165) is 10.8 Å². The van der Waals surface area contributed by atoms with E-state index < -0.39 is 0 Å². The maximum atomic E-state index is 12.1. The van der Waals surface area contributed by atoms with Crippen molar-refractivity contribution in [1.29, 1.82) is 0 Å². The van der Waals surface area contributed by atoms with Gasteiger partial charge in [0.15, 0.2) is 5.82 Å². The number of benzene rings is 1. The molecule has 2 aromatic heterocycles. The van der Waals surface area contributed by atoms with Gasteiger partial charge in [0.1, 0.15) is 16.6 Å². The van der Waals surface area contributed by atoms with Gasteiger partial charge in [-0.15, -0.1) is 0 Å². The highest BCUT2D eigenvalue weighted by Crippen LogP contribution is 2.22. The van der Waals surface area contributed by atoms with Crippen molar-refractivity contribution in [2.45, 2.75) is 6.92 Å². The van der Waals surface area contributed by atoms with E-state index in [0.29, 0.717) is 16.7 Å². The fourth-order valence-electron chi connectivity index (χ4n) is 1.88. The minimum absolute atomic E-state index is 0.231. The molecule has 2 heterocycles. The summed E-state index contributed by atoms with van der Waals surface area (Å²) >= 11 is 6.09. The Morgan fingerprint density at radius 2 is 2.10 bits per heavy atom. The van der Waals surface area contributed by atoms with Gasteiger partial charge in [-0.1, -0.05) is 41.0 Å². The molecular weight excluding hydrogens is 278 g/mol. The third-order valence-electron chi connectivity index (χ3n) is 2.80. The summed E-state index contributed by atoms with van der Waals surface area (Å²) in [7, 11) is 0. The number of rotatable bonds is 2. The summed E-state index contributed by atoms with van der Waals surface area (Å²) in [6, 6.07) is 10.8. The van der Waals surface area contributed by atoms with Crippen LogP contribution in [0.4, 0.5) is 5.82 Å². The summed E-state index contributed by atoms with van der Waals surface area (Å²) in [4.78, 5) is 16.2. The molecule has 3 aromatic rings. The van der Waals surface area contributed by atoms with Crippen LogP contribution in [0.15, 0.2) is 40.9 Å². The quantitative estimate of drug-likeness (QED) is 0.733. The van der Waals surface area contributed by atoms with Crippen molar-refractivity contribution in [3.05, 3.63) is 53.0 Å². The van der Waals surface area contributed by atoms with Gasteiger partial charge in [-0.3, -0.25) is 4.79 Å². The van der Waals surface area contributed by atoms with Crippen molar-refractivity contribution < 1.29 is 9.32 Å². The zero-order valence-electron chi connectivity index (χ0n) is 10.6. The number of carbonyl (C=O) groups is 1. The highest BCUT2D eigenvalue weighted by atomic mass is 35.5. The largest absolute Gasteiger partial charge is 0.360 e. The lowest BCUT2D eigenvalue weighted by molar-refractivity contribution is 0.102. The molecule has 3 rings (SSSR count). The van der Waals surface area contributed by atoms with Crippen LogP contribution in [0, 0.1) is 6.92 Å². The molecule has 1 amide bonds. The predicted octanol–water partition coefficient (Wildman–Crippen LogP) is 3.44. The van der Waals surface area contributed by atoms with E-state index >= 15 is 0 Å². The summed E-state index contributed by atoms with van der Waals surface area (Å²) in [5.41, 5.74) is 0.231. The smallest absolute Gasteiger partial charge is 0.275 e. The molecule has 0 bridgehead atoms. The van der Waals surface area contributed by atoms with E-state index in [-0.39, 0.29) is 11.6 Å². The average molecular weight is 288 g/mol. The maximum absolute atomic E-state index is 12.1. The lowest BCUT2D eigenvalue weighted by Crippen LogP contribution is -2.14. The van der Waals surface area contributed by atoms with Crippen LogP contribution < -0.4 is 5.32 Å². The molecule has 0 atom stereocenters. The normalized spacial score (nSPS) is 10.7. The van der Waals surface area contributed by atoms with Gasteiger partial charge < -0.3 is 9.84 Å². The first-order valence-corrected chi connectivity index (χ1v) is 6.31. The van der Waals surface area contributed by atoms with Crippen molar-refractivity contribution in [3.63, 3.8) is 0 Å². The van der Waals surface area contributed by atoms with Crippen LogP contribution in [0.5, 0.6) is 0 Å². The highest BCUT2D eigenvalue weighted by molar-refractivity contribution is 6.34. The van der Waals surface area contributed by atoms with Crippen molar-refractivity contribution in [2.24, 2.45) is 0 Å². The fraction of sp³-hybridized carbons (Fsp3) is 0.0714. The molecule has 0 spiro atoms. The van der Waals surface area contributed by atoms with Crippen LogP contribution in [0.3, 0.4) is 0 Å². The average Bonchev–Trinajstić information content (AvgIpc) is 2.84. The second kappa shape index (κ2) is 4.94. The first kappa shape index (κ1) is 12.6. The molecule has 5 nitrogen and oxygen atoms in total. The zero-order chi connectivity index (χ0) is 14.1. The summed E-state index contributed by atoms with van der Waals surface area (Å²) in [6.45, 7) is 1.74. The van der Waals surface area contributed by atoms with Gasteiger partial charge in [0.05, 0.1) is 0 Å². The van der Waals surface area contributed by atoms with E-state index in [9.17, 15) is 4.79 Å². The number of pyridine rings is 1. The Balaban J connectivity index is 1.95. The number of aryl methyl sites for hydroxylation is 1. The molecule has 0 unspecified atom stereocenters. The second-order valence-electron chi connectivity index (χ2n) is 4.30. The van der Waals surface area contributed by atoms with E-state index in [2.05, 4.69) is 15.5 Å². The van der Waals surface area contributed by atoms with Gasteiger partial charge in [0, 0.05) is 11.5 Å². The number of hydrogen-bond donors (Lipinski definition) is 1. The van der Waals surface area contributed by atoms with Crippen molar-refractivity contribution in [1.82, 2.24) is 10.1 Å². The lowest BCUT2D eigenvalue weighted by atomic mass is 10.1. The van der Waals surface area contributed by atoms with E-state index in [1.54, 1.807) is 19.1 Å². The van der Waals surface area contributed by atoms with Crippen LogP contribution in [-0.4, -0.2) is 16.0 Å². The molecule has 0 aliphatic carbocycles. The maximum Gasteiger partial charge on any atom is 0.275 e. The summed E-state index contributed by atoms with van der Waals surface area (Å²) < 4.78 is 4.88. The third-order valence-corrected chi connectivity index (χ3v) is 3.08. The number of anilines is 1. The Hall–Kier alpha value is -2.40. The molecule has 0 saturated carbocycles. The molecule has 1 aromatic carbocycles. The molecule has 1 N–H and O–H groups in total. The van der Waals surface area contributed by atoms with E-state index in [1.165, 1.54) is 0 Å². The predicted molar refractivity (Wildman–Crippen MR) is 75.9 cm³/mol. The minimum atomic E-state index is -0.383. The number of aromatic nitrogens is 2. The second-order valence-corrected chi connectivity index (χ2v) is 4.65. The standard InChI is InChI=1S/C14H10ClN3O2/c1-8-6-12(18-20-8)17-14(19)11-7-9-4-2-3-5-10(9)13(15)16-11/h2-7H,1H3,(H,17,18,19). The van der Waals surface area contributed by atoms with Crippen molar-refractivity contribution >= 4 is 34.1 Å². The molecule has 0 saturated heterocycles. The molecule has 0 aliphatic rings. The van der Waals surface area contributed by atoms with Gasteiger partial charge in [-0.25, -0.2) is 4.98 Å². The van der Waals surface area contributed by atoms with Gasteiger partial charge in [0.2, 0.25) is 0 Å². The monoisotopic (exact) mass is 287 g/mol. The SMILES string of the molecule is Cc1cc(NC(=O)c2cc3ccccc3c(Cl)n2)no1.